The lowest BCUT2D eigenvalue weighted by Crippen LogP contribution is -2.41. The van der Waals surface area contributed by atoms with E-state index in [0.29, 0.717) is 22.5 Å². The summed E-state index contributed by atoms with van der Waals surface area (Å²) < 4.78 is 2.19. The standard InChI is InChI=1S/C14H21BrN4O/c1-9-6-11(4-5-16-9)18-12-7-17-19(8-10-2-3-10)14(20)13(12)15/h7,9-11,16,18H,2-6,8H2,1H3. The Bertz CT molecular complexity index is 540. The Labute approximate surface area is 127 Å². The first-order valence-corrected chi connectivity index (χ1v) is 8.18. The molecule has 20 heavy (non-hydrogen) atoms. The molecule has 2 aliphatic rings. The molecular weight excluding hydrogens is 320 g/mol. The molecule has 1 saturated carbocycles. The molecule has 5 nitrogen and oxygen atoms in total. The molecule has 2 atom stereocenters. The Morgan fingerprint density at radius 2 is 2.30 bits per heavy atom. The molecule has 1 aromatic rings. The average molecular weight is 341 g/mol. The van der Waals surface area contributed by atoms with Crippen LogP contribution < -0.4 is 16.2 Å². The fourth-order valence-electron chi connectivity index (χ4n) is 2.72. The first-order chi connectivity index (χ1) is 9.63. The summed E-state index contributed by atoms with van der Waals surface area (Å²) in [6.45, 7) is 3.96. The minimum Gasteiger partial charge on any atom is -0.380 e. The van der Waals surface area contributed by atoms with E-state index in [1.807, 2.05) is 0 Å². The van der Waals surface area contributed by atoms with Crippen LogP contribution in [0.4, 0.5) is 5.69 Å². The van der Waals surface area contributed by atoms with Crippen LogP contribution in [0.15, 0.2) is 15.5 Å². The van der Waals surface area contributed by atoms with Gasteiger partial charge in [-0.05, 0) is 61.0 Å². The summed E-state index contributed by atoms with van der Waals surface area (Å²) >= 11 is 3.43. The highest BCUT2D eigenvalue weighted by atomic mass is 79.9. The summed E-state index contributed by atoms with van der Waals surface area (Å²) in [4.78, 5) is 12.3. The minimum atomic E-state index is -0.0242. The maximum atomic E-state index is 12.3. The summed E-state index contributed by atoms with van der Waals surface area (Å²) in [5.41, 5.74) is 0.796. The van der Waals surface area contributed by atoms with Crippen molar-refractivity contribution in [2.45, 2.75) is 51.2 Å². The van der Waals surface area contributed by atoms with Crippen LogP contribution >= 0.6 is 15.9 Å². The maximum absolute atomic E-state index is 12.3. The molecule has 2 heterocycles. The smallest absolute Gasteiger partial charge is 0.283 e. The topological polar surface area (TPSA) is 59.0 Å². The number of nitrogens with one attached hydrogen (secondary N) is 2. The second kappa shape index (κ2) is 5.85. The first-order valence-electron chi connectivity index (χ1n) is 7.39. The molecule has 0 bridgehead atoms. The summed E-state index contributed by atoms with van der Waals surface area (Å²) in [6.07, 6.45) is 6.36. The number of piperidine rings is 1. The molecule has 6 heteroatoms. The fraction of sp³-hybridized carbons (Fsp3) is 0.714. The Morgan fingerprint density at radius 3 is 3.00 bits per heavy atom. The Morgan fingerprint density at radius 1 is 1.50 bits per heavy atom. The van der Waals surface area contributed by atoms with Crippen LogP contribution in [0.25, 0.3) is 0 Å². The van der Waals surface area contributed by atoms with E-state index in [1.54, 1.807) is 10.9 Å². The van der Waals surface area contributed by atoms with Gasteiger partial charge >= 0.3 is 0 Å². The lowest BCUT2D eigenvalue weighted by atomic mass is 10.0. The monoisotopic (exact) mass is 340 g/mol. The van der Waals surface area contributed by atoms with Crippen molar-refractivity contribution in [3.05, 3.63) is 21.0 Å². The SMILES string of the molecule is CC1CC(Nc2cnn(CC3CC3)c(=O)c2Br)CCN1. The number of hydrogen-bond donors (Lipinski definition) is 2. The van der Waals surface area contributed by atoms with E-state index >= 15 is 0 Å². The predicted molar refractivity (Wildman–Crippen MR) is 83.0 cm³/mol. The van der Waals surface area contributed by atoms with E-state index < -0.39 is 0 Å². The highest BCUT2D eigenvalue weighted by Crippen LogP contribution is 2.30. The van der Waals surface area contributed by atoms with Gasteiger partial charge in [0.2, 0.25) is 0 Å². The second-order valence-electron chi connectivity index (χ2n) is 6.02. The number of anilines is 1. The molecule has 110 valence electrons. The van der Waals surface area contributed by atoms with E-state index in [-0.39, 0.29) is 5.56 Å². The quantitative estimate of drug-likeness (QED) is 0.879. The maximum Gasteiger partial charge on any atom is 0.283 e. The number of nitrogens with zero attached hydrogens (tertiary/aromatic N) is 2. The van der Waals surface area contributed by atoms with Gasteiger partial charge in [-0.1, -0.05) is 0 Å². The van der Waals surface area contributed by atoms with E-state index in [0.717, 1.165) is 31.6 Å². The van der Waals surface area contributed by atoms with Gasteiger partial charge < -0.3 is 10.6 Å². The zero-order valence-corrected chi connectivity index (χ0v) is 13.3. The van der Waals surface area contributed by atoms with Crippen LogP contribution in [0.2, 0.25) is 0 Å². The highest BCUT2D eigenvalue weighted by molar-refractivity contribution is 9.10. The van der Waals surface area contributed by atoms with Crippen molar-refractivity contribution < 1.29 is 0 Å². The van der Waals surface area contributed by atoms with Gasteiger partial charge in [-0.2, -0.15) is 5.10 Å². The largest absolute Gasteiger partial charge is 0.380 e. The van der Waals surface area contributed by atoms with Crippen LogP contribution in [-0.2, 0) is 6.54 Å². The van der Waals surface area contributed by atoms with E-state index in [1.165, 1.54) is 12.8 Å². The Balaban J connectivity index is 1.72. The predicted octanol–water partition coefficient (Wildman–Crippen LogP) is 1.97. The van der Waals surface area contributed by atoms with Crippen LogP contribution in [0.1, 0.15) is 32.6 Å². The van der Waals surface area contributed by atoms with Crippen molar-refractivity contribution in [2.75, 3.05) is 11.9 Å². The first kappa shape index (κ1) is 14.1. The average Bonchev–Trinajstić information content (AvgIpc) is 3.23. The van der Waals surface area contributed by atoms with Gasteiger partial charge in [0.15, 0.2) is 0 Å². The third kappa shape index (κ3) is 3.23. The minimum absolute atomic E-state index is 0.0242. The van der Waals surface area contributed by atoms with Gasteiger partial charge in [0.05, 0.1) is 11.9 Å². The van der Waals surface area contributed by atoms with Crippen molar-refractivity contribution in [3.8, 4) is 0 Å². The molecule has 2 N–H and O–H groups in total. The van der Waals surface area contributed by atoms with Crippen molar-refractivity contribution in [1.29, 1.82) is 0 Å². The van der Waals surface area contributed by atoms with Crippen LogP contribution in [0.3, 0.4) is 0 Å². The molecule has 0 amide bonds. The molecule has 2 unspecified atom stereocenters. The highest BCUT2D eigenvalue weighted by Gasteiger charge is 2.24. The van der Waals surface area contributed by atoms with Gasteiger partial charge in [0, 0.05) is 18.6 Å². The van der Waals surface area contributed by atoms with Crippen LogP contribution in [0.5, 0.6) is 0 Å². The van der Waals surface area contributed by atoms with Gasteiger partial charge in [0.1, 0.15) is 4.47 Å². The number of halogens is 1. The van der Waals surface area contributed by atoms with Crippen molar-refractivity contribution >= 4 is 21.6 Å². The Kier molecular flexibility index (Phi) is 4.12. The van der Waals surface area contributed by atoms with Crippen LogP contribution in [0, 0.1) is 5.92 Å². The zero-order valence-electron chi connectivity index (χ0n) is 11.7. The number of rotatable bonds is 4. The molecule has 1 aliphatic carbocycles. The van der Waals surface area contributed by atoms with Gasteiger partial charge in [-0.15, -0.1) is 0 Å². The second-order valence-corrected chi connectivity index (χ2v) is 6.82. The number of aromatic nitrogens is 2. The van der Waals surface area contributed by atoms with Crippen LogP contribution in [-0.4, -0.2) is 28.4 Å². The summed E-state index contributed by atoms with van der Waals surface area (Å²) in [5, 5.41) is 11.2. The van der Waals surface area contributed by atoms with Crippen molar-refractivity contribution in [1.82, 2.24) is 15.1 Å². The molecule has 2 fully saturated rings. The van der Waals surface area contributed by atoms with E-state index in [2.05, 4.69) is 38.6 Å². The van der Waals surface area contributed by atoms with Crippen molar-refractivity contribution in [3.63, 3.8) is 0 Å². The normalized spacial score (nSPS) is 26.5. The lowest BCUT2D eigenvalue weighted by Gasteiger charge is -2.29. The van der Waals surface area contributed by atoms with Gasteiger partial charge in [0.25, 0.3) is 5.56 Å². The molecule has 0 spiro atoms. The van der Waals surface area contributed by atoms with Crippen molar-refractivity contribution in [2.24, 2.45) is 5.92 Å². The van der Waals surface area contributed by atoms with Gasteiger partial charge in [-0.25, -0.2) is 4.68 Å². The summed E-state index contributed by atoms with van der Waals surface area (Å²) in [7, 11) is 0. The lowest BCUT2D eigenvalue weighted by molar-refractivity contribution is 0.396. The summed E-state index contributed by atoms with van der Waals surface area (Å²) in [5.74, 6) is 0.649. The Hall–Kier alpha value is -0.880. The van der Waals surface area contributed by atoms with E-state index in [4.69, 9.17) is 0 Å². The zero-order chi connectivity index (χ0) is 14.1. The molecular formula is C14H21BrN4O. The third-order valence-corrected chi connectivity index (χ3v) is 4.86. The molecule has 1 aromatic heterocycles. The molecule has 1 aliphatic heterocycles. The molecule has 0 aromatic carbocycles. The summed E-state index contributed by atoms with van der Waals surface area (Å²) in [6, 6.07) is 0.922. The number of hydrogen-bond acceptors (Lipinski definition) is 4. The van der Waals surface area contributed by atoms with Gasteiger partial charge in [-0.3, -0.25) is 4.79 Å². The molecule has 1 saturated heterocycles. The fourth-order valence-corrected chi connectivity index (χ4v) is 3.15. The third-order valence-electron chi connectivity index (χ3n) is 4.10. The molecule has 0 radical (unpaired) electrons. The molecule has 3 rings (SSSR count). The van der Waals surface area contributed by atoms with E-state index in [9.17, 15) is 4.79 Å².